The molecule has 1 saturated carbocycles. The van der Waals surface area contributed by atoms with Gasteiger partial charge in [0.25, 0.3) is 0 Å². The largest absolute Gasteiger partial charge is 0.398 e. The van der Waals surface area contributed by atoms with Crippen LogP contribution >= 0.6 is 15.9 Å². The molecule has 1 aliphatic rings. The van der Waals surface area contributed by atoms with E-state index in [0.717, 1.165) is 33.5 Å². The van der Waals surface area contributed by atoms with Crippen molar-refractivity contribution in [2.45, 2.75) is 32.7 Å². The minimum Gasteiger partial charge on any atom is -0.398 e. The fraction of sp³-hybridized carbons (Fsp3) is 0.438. The van der Waals surface area contributed by atoms with E-state index in [9.17, 15) is 0 Å². The number of hydrogen-bond donors (Lipinski definition) is 1. The summed E-state index contributed by atoms with van der Waals surface area (Å²) >= 11 is 3.48. The summed E-state index contributed by atoms with van der Waals surface area (Å²) in [6.45, 7) is 5.60. The van der Waals surface area contributed by atoms with Crippen LogP contribution in [0.4, 0.5) is 11.4 Å². The maximum Gasteiger partial charge on any atom is 0.0956 e. The van der Waals surface area contributed by atoms with Gasteiger partial charge in [-0.05, 0) is 66.7 Å². The SMILES string of the molecule is CC(C)N(CC1CC1)c1ccc(N)c2cc(Br)cnc12. The van der Waals surface area contributed by atoms with Crippen molar-refractivity contribution >= 4 is 38.2 Å². The van der Waals surface area contributed by atoms with Crippen LogP contribution in [0, 0.1) is 5.92 Å². The molecule has 0 aliphatic heterocycles. The van der Waals surface area contributed by atoms with Gasteiger partial charge < -0.3 is 10.6 Å². The van der Waals surface area contributed by atoms with E-state index in [4.69, 9.17) is 5.73 Å². The second-order valence-electron chi connectivity index (χ2n) is 5.91. The van der Waals surface area contributed by atoms with Crippen LogP contribution in [0.5, 0.6) is 0 Å². The molecule has 1 aromatic heterocycles. The number of nitrogens with two attached hydrogens (primary N) is 1. The van der Waals surface area contributed by atoms with Crippen LogP contribution in [-0.2, 0) is 0 Å². The first-order valence-corrected chi connectivity index (χ1v) is 7.96. The summed E-state index contributed by atoms with van der Waals surface area (Å²) in [6.07, 6.45) is 4.56. The standard InChI is InChI=1S/C16H20BrN3/c1-10(2)20(9-11-3-4-11)15-6-5-14(18)13-7-12(17)8-19-16(13)15/h5-8,10-11H,3-4,9,18H2,1-2H3. The lowest BCUT2D eigenvalue weighted by molar-refractivity contribution is 0.646. The van der Waals surface area contributed by atoms with E-state index in [1.54, 1.807) is 0 Å². The maximum absolute atomic E-state index is 6.10. The van der Waals surface area contributed by atoms with Gasteiger partial charge in [-0.3, -0.25) is 4.98 Å². The van der Waals surface area contributed by atoms with Gasteiger partial charge in [0.15, 0.2) is 0 Å². The van der Waals surface area contributed by atoms with Crippen LogP contribution in [0.25, 0.3) is 10.9 Å². The van der Waals surface area contributed by atoms with Crippen molar-refractivity contribution in [3.63, 3.8) is 0 Å². The van der Waals surface area contributed by atoms with Crippen LogP contribution in [-0.4, -0.2) is 17.6 Å². The molecule has 2 N–H and O–H groups in total. The Hall–Kier alpha value is -1.29. The third-order valence-corrected chi connectivity index (χ3v) is 4.35. The lowest BCUT2D eigenvalue weighted by Gasteiger charge is -2.30. The summed E-state index contributed by atoms with van der Waals surface area (Å²) < 4.78 is 0.965. The van der Waals surface area contributed by atoms with Crippen LogP contribution in [0.15, 0.2) is 28.9 Å². The number of benzene rings is 1. The van der Waals surface area contributed by atoms with Crippen molar-refractivity contribution in [2.75, 3.05) is 17.2 Å². The molecule has 0 saturated heterocycles. The van der Waals surface area contributed by atoms with E-state index >= 15 is 0 Å². The first kappa shape index (κ1) is 13.7. The predicted molar refractivity (Wildman–Crippen MR) is 89.1 cm³/mol. The van der Waals surface area contributed by atoms with E-state index < -0.39 is 0 Å². The molecule has 2 aromatic rings. The van der Waals surface area contributed by atoms with Gasteiger partial charge in [0, 0.05) is 34.3 Å². The zero-order chi connectivity index (χ0) is 14.3. The van der Waals surface area contributed by atoms with Crippen molar-refractivity contribution in [3.8, 4) is 0 Å². The summed E-state index contributed by atoms with van der Waals surface area (Å²) in [4.78, 5) is 7.06. The first-order valence-electron chi connectivity index (χ1n) is 7.16. The fourth-order valence-electron chi connectivity index (χ4n) is 2.60. The second kappa shape index (κ2) is 5.24. The monoisotopic (exact) mass is 333 g/mol. The van der Waals surface area contributed by atoms with Crippen molar-refractivity contribution in [2.24, 2.45) is 5.92 Å². The molecule has 0 amide bonds. The zero-order valence-electron chi connectivity index (χ0n) is 11.9. The number of aromatic nitrogens is 1. The van der Waals surface area contributed by atoms with E-state index in [0.29, 0.717) is 6.04 Å². The Bertz CT molecular complexity index is 635. The Kier molecular flexibility index (Phi) is 3.59. The number of hydrogen-bond acceptors (Lipinski definition) is 3. The number of anilines is 2. The molecule has 1 aromatic carbocycles. The van der Waals surface area contributed by atoms with Gasteiger partial charge in [-0.15, -0.1) is 0 Å². The lowest BCUT2D eigenvalue weighted by atomic mass is 10.1. The molecule has 1 heterocycles. The van der Waals surface area contributed by atoms with Crippen LogP contribution in [0.3, 0.4) is 0 Å². The predicted octanol–water partition coefficient (Wildman–Crippen LogP) is 4.20. The normalized spacial score (nSPS) is 15.0. The Morgan fingerprint density at radius 3 is 2.80 bits per heavy atom. The van der Waals surface area contributed by atoms with Gasteiger partial charge in [0.05, 0.1) is 11.2 Å². The molecule has 1 aliphatic carbocycles. The summed E-state index contributed by atoms with van der Waals surface area (Å²) in [5.74, 6) is 0.848. The minimum atomic E-state index is 0.466. The van der Waals surface area contributed by atoms with E-state index in [1.165, 1.54) is 18.5 Å². The molecule has 0 radical (unpaired) electrons. The second-order valence-corrected chi connectivity index (χ2v) is 6.83. The summed E-state index contributed by atoms with van der Waals surface area (Å²) in [5.41, 5.74) is 9.09. The third-order valence-electron chi connectivity index (χ3n) is 3.91. The minimum absolute atomic E-state index is 0.466. The molecule has 0 spiro atoms. The molecule has 3 nitrogen and oxygen atoms in total. The van der Waals surface area contributed by atoms with Crippen molar-refractivity contribution in [3.05, 3.63) is 28.9 Å². The lowest BCUT2D eigenvalue weighted by Crippen LogP contribution is -2.33. The highest BCUT2D eigenvalue weighted by molar-refractivity contribution is 9.10. The first-order chi connectivity index (χ1) is 9.56. The molecule has 0 bridgehead atoms. The number of rotatable bonds is 4. The number of nitrogen functional groups attached to an aromatic ring is 1. The summed E-state index contributed by atoms with van der Waals surface area (Å²) in [5, 5.41) is 1.03. The fourth-order valence-corrected chi connectivity index (χ4v) is 2.93. The van der Waals surface area contributed by atoms with Gasteiger partial charge in [0.1, 0.15) is 0 Å². The topological polar surface area (TPSA) is 42.1 Å². The average molecular weight is 334 g/mol. The van der Waals surface area contributed by atoms with E-state index in [1.807, 2.05) is 12.3 Å². The molecule has 106 valence electrons. The highest BCUT2D eigenvalue weighted by Gasteiger charge is 2.26. The number of pyridine rings is 1. The third kappa shape index (κ3) is 2.62. The molecular weight excluding hydrogens is 314 g/mol. The van der Waals surface area contributed by atoms with Gasteiger partial charge in [-0.1, -0.05) is 0 Å². The Morgan fingerprint density at radius 2 is 2.15 bits per heavy atom. The molecule has 3 rings (SSSR count). The smallest absolute Gasteiger partial charge is 0.0956 e. The van der Waals surface area contributed by atoms with Crippen LogP contribution in [0.1, 0.15) is 26.7 Å². The van der Waals surface area contributed by atoms with Crippen LogP contribution in [0.2, 0.25) is 0 Å². The zero-order valence-corrected chi connectivity index (χ0v) is 13.5. The summed E-state index contributed by atoms with van der Waals surface area (Å²) in [7, 11) is 0. The molecule has 20 heavy (non-hydrogen) atoms. The molecule has 0 unspecified atom stereocenters. The van der Waals surface area contributed by atoms with Crippen molar-refractivity contribution in [1.29, 1.82) is 0 Å². The number of halogens is 1. The van der Waals surface area contributed by atoms with Crippen molar-refractivity contribution < 1.29 is 0 Å². The summed E-state index contributed by atoms with van der Waals surface area (Å²) in [6, 6.07) is 6.62. The van der Waals surface area contributed by atoms with Gasteiger partial charge >= 0.3 is 0 Å². The molecule has 0 atom stereocenters. The van der Waals surface area contributed by atoms with Gasteiger partial charge in [-0.2, -0.15) is 0 Å². The highest BCUT2D eigenvalue weighted by Crippen LogP contribution is 2.36. The molecule has 1 fully saturated rings. The van der Waals surface area contributed by atoms with E-state index in [-0.39, 0.29) is 0 Å². The molecule has 4 heteroatoms. The maximum atomic E-state index is 6.10. The Balaban J connectivity index is 2.11. The Morgan fingerprint density at radius 1 is 1.40 bits per heavy atom. The molecular formula is C16H20BrN3. The quantitative estimate of drug-likeness (QED) is 0.852. The van der Waals surface area contributed by atoms with Crippen LogP contribution < -0.4 is 10.6 Å². The number of nitrogens with zero attached hydrogens (tertiary/aromatic N) is 2. The highest BCUT2D eigenvalue weighted by atomic mass is 79.9. The van der Waals surface area contributed by atoms with Crippen molar-refractivity contribution in [1.82, 2.24) is 4.98 Å². The number of fused-ring (bicyclic) bond motifs is 1. The van der Waals surface area contributed by atoms with Gasteiger partial charge in [-0.25, -0.2) is 0 Å². The van der Waals surface area contributed by atoms with Gasteiger partial charge in [0.2, 0.25) is 0 Å². The average Bonchev–Trinajstić information content (AvgIpc) is 3.21. The van der Waals surface area contributed by atoms with E-state index in [2.05, 4.69) is 51.8 Å². The Labute approximate surface area is 128 Å².